The fraction of sp³-hybridized carbons (Fsp3) is 0.810. The summed E-state index contributed by atoms with van der Waals surface area (Å²) in [4.78, 5) is 15.1. The summed E-state index contributed by atoms with van der Waals surface area (Å²) in [5, 5.41) is 3.68. The highest BCUT2D eigenvalue weighted by atomic mass is 15.3. The van der Waals surface area contributed by atoms with Gasteiger partial charge in [-0.1, -0.05) is 26.7 Å². The predicted octanol–water partition coefficient (Wildman–Crippen LogP) is 3.49. The first-order valence-electron chi connectivity index (χ1n) is 10.8. The van der Waals surface area contributed by atoms with Crippen LogP contribution in [0.3, 0.4) is 0 Å². The lowest BCUT2D eigenvalue weighted by Crippen LogP contribution is -2.30. The second-order valence-corrected chi connectivity index (χ2v) is 8.83. The Kier molecular flexibility index (Phi) is 5.63. The summed E-state index contributed by atoms with van der Waals surface area (Å²) in [5.74, 6) is 2.86. The molecule has 1 N–H and O–H groups in total. The third-order valence-corrected chi connectivity index (χ3v) is 6.05. The molecule has 0 aromatic carbocycles. The van der Waals surface area contributed by atoms with E-state index in [0.717, 1.165) is 44.3 Å². The van der Waals surface area contributed by atoms with Gasteiger partial charge in [-0.25, -0.2) is 4.98 Å². The molecule has 2 saturated heterocycles. The van der Waals surface area contributed by atoms with Gasteiger partial charge in [0.05, 0.1) is 5.69 Å². The van der Waals surface area contributed by atoms with Gasteiger partial charge < -0.3 is 15.1 Å². The van der Waals surface area contributed by atoms with Gasteiger partial charge in [-0.05, 0) is 44.4 Å². The molecule has 0 unspecified atom stereocenters. The topological polar surface area (TPSA) is 44.3 Å². The first-order chi connectivity index (χ1) is 12.7. The van der Waals surface area contributed by atoms with E-state index < -0.39 is 0 Å². The second-order valence-electron chi connectivity index (χ2n) is 8.83. The van der Waals surface area contributed by atoms with Crippen LogP contribution in [-0.2, 0) is 12.8 Å². The summed E-state index contributed by atoms with van der Waals surface area (Å²) in [6, 6.07) is 0.491. The Balaban J connectivity index is 1.49. The molecule has 1 aromatic heterocycles. The molecule has 3 heterocycles. The fourth-order valence-electron chi connectivity index (χ4n) is 4.84. The van der Waals surface area contributed by atoms with E-state index in [1.54, 1.807) is 0 Å². The van der Waals surface area contributed by atoms with Crippen molar-refractivity contribution in [2.75, 3.05) is 42.9 Å². The first kappa shape index (κ1) is 18.0. The van der Waals surface area contributed by atoms with Crippen molar-refractivity contribution in [2.24, 2.45) is 5.92 Å². The molecule has 0 radical (unpaired) electrons. The maximum Gasteiger partial charge on any atom is 0.225 e. The summed E-state index contributed by atoms with van der Waals surface area (Å²) in [6.45, 7) is 10.4. The van der Waals surface area contributed by atoms with Gasteiger partial charge in [-0.15, -0.1) is 0 Å². The minimum Gasteiger partial charge on any atom is -0.356 e. The lowest BCUT2D eigenvalue weighted by molar-refractivity contribution is 0.296. The van der Waals surface area contributed by atoms with Crippen molar-refractivity contribution in [1.82, 2.24) is 14.9 Å². The number of nitrogens with one attached hydrogen (secondary N) is 1. The highest BCUT2D eigenvalue weighted by Crippen LogP contribution is 2.31. The van der Waals surface area contributed by atoms with Crippen molar-refractivity contribution in [3.63, 3.8) is 0 Å². The molecular formula is C21H35N5. The average Bonchev–Trinajstić information content (AvgIpc) is 3.15. The van der Waals surface area contributed by atoms with E-state index in [-0.39, 0.29) is 0 Å². The molecule has 5 heteroatoms. The fourth-order valence-corrected chi connectivity index (χ4v) is 4.84. The quantitative estimate of drug-likeness (QED) is 0.874. The molecule has 0 bridgehead atoms. The van der Waals surface area contributed by atoms with E-state index in [0.29, 0.717) is 6.04 Å². The smallest absolute Gasteiger partial charge is 0.225 e. The summed E-state index contributed by atoms with van der Waals surface area (Å²) < 4.78 is 0. The molecule has 1 aliphatic carbocycles. The Morgan fingerprint density at radius 2 is 1.81 bits per heavy atom. The number of aromatic nitrogens is 2. The predicted molar refractivity (Wildman–Crippen MR) is 108 cm³/mol. The Labute approximate surface area is 158 Å². The third kappa shape index (κ3) is 4.13. The van der Waals surface area contributed by atoms with Crippen molar-refractivity contribution >= 4 is 11.8 Å². The maximum absolute atomic E-state index is 5.04. The van der Waals surface area contributed by atoms with Crippen LogP contribution in [-0.4, -0.2) is 53.6 Å². The summed E-state index contributed by atoms with van der Waals surface area (Å²) in [6.07, 6.45) is 10.0. The van der Waals surface area contributed by atoms with Crippen LogP contribution in [0, 0.1) is 5.92 Å². The molecule has 26 heavy (non-hydrogen) atoms. The van der Waals surface area contributed by atoms with Crippen molar-refractivity contribution in [2.45, 2.75) is 71.3 Å². The normalized spacial score (nSPS) is 24.1. The van der Waals surface area contributed by atoms with Crippen LogP contribution in [0.25, 0.3) is 0 Å². The number of rotatable bonds is 5. The molecule has 2 fully saturated rings. The summed E-state index contributed by atoms with van der Waals surface area (Å²) in [5.41, 5.74) is 2.74. The zero-order valence-corrected chi connectivity index (χ0v) is 16.6. The molecule has 144 valence electrons. The van der Waals surface area contributed by atoms with Crippen LogP contribution in [0.5, 0.6) is 0 Å². The van der Waals surface area contributed by atoms with E-state index in [1.807, 2.05) is 0 Å². The Hall–Kier alpha value is -1.36. The number of likely N-dealkylation sites (tertiary alicyclic amines) is 1. The first-order valence-corrected chi connectivity index (χ1v) is 10.8. The standard InChI is InChI=1S/C21H35N5/c1-16(2)14-25-13-10-17(15-25)22-21-23-19-9-7-8-18(19)20(24-21)26-11-5-3-4-6-12-26/h16-17H,3-15H2,1-2H3,(H,22,23,24)/t17-/m1/s1. The number of anilines is 2. The summed E-state index contributed by atoms with van der Waals surface area (Å²) in [7, 11) is 0. The van der Waals surface area contributed by atoms with Gasteiger partial charge in [0, 0.05) is 44.3 Å². The minimum absolute atomic E-state index is 0.491. The third-order valence-electron chi connectivity index (χ3n) is 6.05. The number of nitrogens with zero attached hydrogens (tertiary/aromatic N) is 4. The van der Waals surface area contributed by atoms with Crippen molar-refractivity contribution in [1.29, 1.82) is 0 Å². The van der Waals surface area contributed by atoms with Gasteiger partial charge >= 0.3 is 0 Å². The van der Waals surface area contributed by atoms with Crippen LogP contribution in [0.1, 0.15) is 63.6 Å². The monoisotopic (exact) mass is 357 g/mol. The number of aryl methyl sites for hydroxylation is 1. The van der Waals surface area contributed by atoms with Crippen LogP contribution < -0.4 is 10.2 Å². The van der Waals surface area contributed by atoms with E-state index in [2.05, 4.69) is 29.0 Å². The number of hydrogen-bond donors (Lipinski definition) is 1. The summed E-state index contributed by atoms with van der Waals surface area (Å²) >= 11 is 0. The lowest BCUT2D eigenvalue weighted by atomic mass is 10.2. The highest BCUT2D eigenvalue weighted by molar-refractivity contribution is 5.54. The van der Waals surface area contributed by atoms with Gasteiger partial charge in [0.1, 0.15) is 5.82 Å². The molecule has 1 aromatic rings. The second kappa shape index (κ2) is 8.12. The molecule has 2 aliphatic heterocycles. The molecule has 0 saturated carbocycles. The van der Waals surface area contributed by atoms with Gasteiger partial charge in [-0.2, -0.15) is 4.98 Å². The average molecular weight is 358 g/mol. The molecular weight excluding hydrogens is 322 g/mol. The van der Waals surface area contributed by atoms with E-state index in [1.165, 1.54) is 68.7 Å². The Morgan fingerprint density at radius 3 is 2.58 bits per heavy atom. The largest absolute Gasteiger partial charge is 0.356 e. The van der Waals surface area contributed by atoms with Crippen molar-refractivity contribution in [3.8, 4) is 0 Å². The minimum atomic E-state index is 0.491. The maximum atomic E-state index is 5.04. The van der Waals surface area contributed by atoms with Crippen LogP contribution in [0.2, 0.25) is 0 Å². The SMILES string of the molecule is CC(C)CN1CC[C@@H](Nc2nc3c(c(N4CCCCCC4)n2)CCC3)C1. The molecule has 1 atom stereocenters. The van der Waals surface area contributed by atoms with Crippen molar-refractivity contribution < 1.29 is 0 Å². The van der Waals surface area contributed by atoms with Gasteiger partial charge in [0.2, 0.25) is 5.95 Å². The molecule has 5 nitrogen and oxygen atoms in total. The number of hydrogen-bond acceptors (Lipinski definition) is 5. The molecule has 4 rings (SSSR count). The zero-order valence-electron chi connectivity index (χ0n) is 16.6. The molecule has 0 amide bonds. The Bertz CT molecular complexity index is 607. The lowest BCUT2D eigenvalue weighted by Gasteiger charge is -2.25. The number of fused-ring (bicyclic) bond motifs is 1. The van der Waals surface area contributed by atoms with Gasteiger partial charge in [0.25, 0.3) is 0 Å². The zero-order chi connectivity index (χ0) is 17.9. The Morgan fingerprint density at radius 1 is 1.00 bits per heavy atom. The van der Waals surface area contributed by atoms with E-state index in [4.69, 9.17) is 9.97 Å². The molecule has 3 aliphatic rings. The van der Waals surface area contributed by atoms with Gasteiger partial charge in [-0.3, -0.25) is 0 Å². The van der Waals surface area contributed by atoms with Crippen LogP contribution in [0.15, 0.2) is 0 Å². The van der Waals surface area contributed by atoms with E-state index >= 15 is 0 Å². The van der Waals surface area contributed by atoms with Crippen LogP contribution in [0.4, 0.5) is 11.8 Å². The van der Waals surface area contributed by atoms with E-state index in [9.17, 15) is 0 Å². The molecule has 0 spiro atoms. The van der Waals surface area contributed by atoms with Crippen molar-refractivity contribution in [3.05, 3.63) is 11.3 Å². The highest BCUT2D eigenvalue weighted by Gasteiger charge is 2.27. The van der Waals surface area contributed by atoms with Crippen LogP contribution >= 0.6 is 0 Å². The van der Waals surface area contributed by atoms with Gasteiger partial charge in [0.15, 0.2) is 0 Å².